The Morgan fingerprint density at radius 1 is 0.923 bits per heavy atom. The summed E-state index contributed by atoms with van der Waals surface area (Å²) in [5.41, 5.74) is 0.122. The number of nitrogens with one attached hydrogen (secondary N) is 3. The maximum Gasteiger partial charge on any atom is 0.328 e. The van der Waals surface area contributed by atoms with Crippen molar-refractivity contribution >= 4 is 43.2 Å². The fourth-order valence-corrected chi connectivity index (χ4v) is 5.23. The summed E-state index contributed by atoms with van der Waals surface area (Å²) < 4.78 is 54.7. The van der Waals surface area contributed by atoms with E-state index in [1.807, 2.05) is 0 Å². The van der Waals surface area contributed by atoms with E-state index >= 15 is 0 Å². The molecule has 0 aliphatic carbocycles. The van der Waals surface area contributed by atoms with Gasteiger partial charge in [0.05, 0.1) is 23.7 Å². The van der Waals surface area contributed by atoms with E-state index in [2.05, 4.69) is 14.4 Å². The first-order chi connectivity index (χ1) is 12.3. The van der Waals surface area contributed by atoms with E-state index in [0.29, 0.717) is 12.3 Å². The van der Waals surface area contributed by atoms with Gasteiger partial charge in [0, 0.05) is 0 Å². The molecule has 0 unspecified atom stereocenters. The minimum atomic E-state index is -3.94. The molecule has 26 heavy (non-hydrogen) atoms. The molecule has 0 saturated carbocycles. The Morgan fingerprint density at radius 2 is 1.69 bits per heavy atom. The monoisotopic (exact) mass is 414 g/mol. The Hall–Kier alpha value is -2.10. The second-order valence-corrected chi connectivity index (χ2v) is 9.42. The van der Waals surface area contributed by atoms with Crippen molar-refractivity contribution in [2.45, 2.75) is 22.6 Å². The van der Waals surface area contributed by atoms with Gasteiger partial charge in [-0.15, -0.1) is 0 Å². The molecule has 1 aliphatic rings. The third kappa shape index (κ3) is 4.17. The quantitative estimate of drug-likeness (QED) is 0.669. The zero-order valence-corrected chi connectivity index (χ0v) is 16.0. The van der Waals surface area contributed by atoms with Crippen LogP contribution in [0.15, 0.2) is 58.3 Å². The first kappa shape index (κ1) is 18.7. The molecule has 0 atom stereocenters. The van der Waals surface area contributed by atoms with Gasteiger partial charge in [-0.3, -0.25) is 9.71 Å². The highest BCUT2D eigenvalue weighted by molar-refractivity contribution is 7.93. The van der Waals surface area contributed by atoms with Crippen molar-refractivity contribution in [2.24, 2.45) is 0 Å². The average molecular weight is 415 g/mol. The number of benzene rings is 2. The maximum atomic E-state index is 12.5. The summed E-state index contributed by atoms with van der Waals surface area (Å²) in [5.74, 6) is 0.534. The van der Waals surface area contributed by atoms with Crippen molar-refractivity contribution in [3.05, 3.63) is 53.6 Å². The molecule has 0 aromatic heterocycles. The molecule has 2 aromatic rings. The van der Waals surface area contributed by atoms with Crippen molar-refractivity contribution in [3.63, 3.8) is 0 Å². The van der Waals surface area contributed by atoms with Crippen LogP contribution < -0.4 is 14.4 Å². The van der Waals surface area contributed by atoms with Gasteiger partial charge in [-0.2, -0.15) is 13.1 Å². The summed E-state index contributed by atoms with van der Waals surface area (Å²) in [7, 11) is -7.75. The van der Waals surface area contributed by atoms with Gasteiger partial charge in [-0.1, -0.05) is 29.8 Å². The minimum absolute atomic E-state index is 0.0435. The van der Waals surface area contributed by atoms with E-state index in [9.17, 15) is 16.8 Å². The molecule has 2 aromatic carbocycles. The summed E-state index contributed by atoms with van der Waals surface area (Å²) in [4.78, 5) is 2.84. The molecule has 1 aliphatic heterocycles. The highest BCUT2D eigenvalue weighted by Crippen LogP contribution is 2.24. The summed E-state index contributed by atoms with van der Waals surface area (Å²) in [6.45, 7) is 0.718. The molecule has 0 bridgehead atoms. The van der Waals surface area contributed by atoms with Crippen molar-refractivity contribution in [1.29, 1.82) is 0 Å². The van der Waals surface area contributed by atoms with Crippen molar-refractivity contribution in [3.8, 4) is 0 Å². The van der Waals surface area contributed by atoms with Gasteiger partial charge in [0.2, 0.25) is 0 Å². The smallest absolute Gasteiger partial charge is 0.280 e. The second kappa shape index (κ2) is 7.26. The number of halogens is 1. The lowest BCUT2D eigenvalue weighted by Crippen LogP contribution is -2.72. The van der Waals surface area contributed by atoms with Gasteiger partial charge in [0.1, 0.15) is 9.79 Å². The van der Waals surface area contributed by atoms with E-state index in [0.717, 1.165) is 13.0 Å². The molecule has 0 amide bonds. The van der Waals surface area contributed by atoms with Gasteiger partial charge in [-0.05, 0) is 36.8 Å². The maximum absolute atomic E-state index is 12.5. The van der Waals surface area contributed by atoms with Crippen LogP contribution in [0.5, 0.6) is 0 Å². The summed E-state index contributed by atoms with van der Waals surface area (Å²) in [6, 6.07) is 11.6. The predicted molar refractivity (Wildman–Crippen MR) is 99.1 cm³/mol. The van der Waals surface area contributed by atoms with Gasteiger partial charge >= 0.3 is 10.0 Å². The van der Waals surface area contributed by atoms with Gasteiger partial charge < -0.3 is 0 Å². The molecule has 1 heterocycles. The van der Waals surface area contributed by atoms with Crippen molar-refractivity contribution in [1.82, 2.24) is 4.72 Å². The molecular weight excluding hydrogens is 398 g/mol. The molecule has 0 saturated heterocycles. The largest absolute Gasteiger partial charge is 0.328 e. The Bertz CT molecular complexity index is 1070. The van der Waals surface area contributed by atoms with Crippen LogP contribution in [0, 0.1) is 0 Å². The number of sulfonamides is 2. The Morgan fingerprint density at radius 3 is 2.38 bits per heavy atom. The predicted octanol–water partition coefficient (Wildman–Crippen LogP) is 0.692. The molecule has 138 valence electrons. The second-order valence-electron chi connectivity index (χ2n) is 5.68. The fourth-order valence-electron chi connectivity index (χ4n) is 2.50. The zero-order chi connectivity index (χ0) is 18.8. The third-order valence-corrected chi connectivity index (χ3v) is 6.99. The lowest BCUT2D eigenvalue weighted by molar-refractivity contribution is -0.448. The van der Waals surface area contributed by atoms with Crippen LogP contribution in [-0.4, -0.2) is 29.2 Å². The van der Waals surface area contributed by atoms with Crippen molar-refractivity contribution in [2.75, 3.05) is 11.3 Å². The third-order valence-electron chi connectivity index (χ3n) is 3.72. The van der Waals surface area contributed by atoms with Crippen LogP contribution in [0.2, 0.25) is 5.02 Å². The van der Waals surface area contributed by atoms with Crippen LogP contribution in [0.3, 0.4) is 0 Å². The normalized spacial score (nSPS) is 14.7. The number of anilines is 1. The molecule has 3 N–H and O–H groups in total. The first-order valence-electron chi connectivity index (χ1n) is 7.78. The highest BCUT2D eigenvalue weighted by Gasteiger charge is 2.25. The van der Waals surface area contributed by atoms with Crippen molar-refractivity contribution < 1.29 is 21.8 Å². The molecule has 3 rings (SSSR count). The number of rotatable bonds is 5. The SMILES string of the molecule is O=S(=O)(NC1=[NH+]CCC1)c1cccc(NS(=O)(=O)c2ccccc2Cl)c1. The lowest BCUT2D eigenvalue weighted by atomic mass is 10.3. The van der Waals surface area contributed by atoms with E-state index < -0.39 is 20.0 Å². The first-order valence-corrected chi connectivity index (χ1v) is 11.1. The molecule has 0 spiro atoms. The minimum Gasteiger partial charge on any atom is -0.280 e. The Kier molecular flexibility index (Phi) is 5.22. The highest BCUT2D eigenvalue weighted by atomic mass is 35.5. The van der Waals surface area contributed by atoms with Crippen LogP contribution in [0.25, 0.3) is 0 Å². The van der Waals surface area contributed by atoms with E-state index in [4.69, 9.17) is 11.6 Å². The molecule has 10 heteroatoms. The van der Waals surface area contributed by atoms with Gasteiger partial charge in [0.25, 0.3) is 15.9 Å². The van der Waals surface area contributed by atoms with E-state index in [1.165, 1.54) is 36.4 Å². The topological polar surface area (TPSA) is 106 Å². The summed E-state index contributed by atoms with van der Waals surface area (Å²) in [5, 5.41) is 0.0779. The lowest BCUT2D eigenvalue weighted by Gasteiger charge is -2.10. The number of hydrogen-bond acceptors (Lipinski definition) is 4. The van der Waals surface area contributed by atoms with Crippen LogP contribution >= 0.6 is 11.6 Å². The molecule has 0 radical (unpaired) electrons. The molecule has 7 nitrogen and oxygen atoms in total. The van der Waals surface area contributed by atoms with Crippen LogP contribution in [0.1, 0.15) is 12.8 Å². The van der Waals surface area contributed by atoms with E-state index in [-0.39, 0.29) is 20.5 Å². The number of amidine groups is 1. The van der Waals surface area contributed by atoms with Gasteiger partial charge in [0.15, 0.2) is 0 Å². The Labute approximate surface area is 157 Å². The van der Waals surface area contributed by atoms with Crippen LogP contribution in [0.4, 0.5) is 5.69 Å². The van der Waals surface area contributed by atoms with Crippen LogP contribution in [-0.2, 0) is 20.0 Å². The Balaban J connectivity index is 1.87. The summed E-state index contributed by atoms with van der Waals surface area (Å²) >= 11 is 5.94. The number of hydrogen-bond donors (Lipinski definition) is 3. The summed E-state index contributed by atoms with van der Waals surface area (Å²) in [6.07, 6.45) is 1.48. The fraction of sp³-hybridized carbons (Fsp3) is 0.188. The molecule has 0 fully saturated rings. The van der Waals surface area contributed by atoms with Gasteiger partial charge in [-0.25, -0.2) is 8.42 Å². The van der Waals surface area contributed by atoms with E-state index in [1.54, 1.807) is 12.1 Å². The average Bonchev–Trinajstić information content (AvgIpc) is 3.07. The zero-order valence-electron chi connectivity index (χ0n) is 13.6. The standard InChI is InChI=1S/C16H16ClN3O4S2/c17-14-7-1-2-8-15(14)26(23,24)19-12-5-3-6-13(11-12)25(21,22)20-16-9-4-10-18-16/h1-3,5-8,11,19H,4,9-10H2,(H,18,20)/p+1. The molecular formula is C16H17ClN3O4S2+.